The molecule has 0 spiro atoms. The average Bonchev–Trinajstić information content (AvgIpc) is 2.27. The Morgan fingerprint density at radius 2 is 1.71 bits per heavy atom. The van der Waals surface area contributed by atoms with Crippen LogP contribution in [0.2, 0.25) is 0 Å². The van der Waals surface area contributed by atoms with E-state index in [9.17, 15) is 8.78 Å². The van der Waals surface area contributed by atoms with E-state index >= 15 is 0 Å². The van der Waals surface area contributed by atoms with Gasteiger partial charge in [-0.25, -0.2) is 8.78 Å². The third kappa shape index (κ3) is 3.24. The number of rotatable bonds is 5. The molecule has 2 nitrogen and oxygen atoms in total. The molecule has 0 aliphatic carbocycles. The molecular formula is C12H17BrF2N2. The molecule has 0 fully saturated rings. The van der Waals surface area contributed by atoms with Crippen molar-refractivity contribution in [3.63, 3.8) is 0 Å². The Balaban J connectivity index is 3.20. The molecule has 1 rings (SSSR count). The molecule has 1 aromatic carbocycles. The van der Waals surface area contributed by atoms with Gasteiger partial charge in [-0.05, 0) is 18.1 Å². The number of hydrogen-bond donors (Lipinski definition) is 2. The van der Waals surface area contributed by atoms with Gasteiger partial charge < -0.3 is 0 Å². The van der Waals surface area contributed by atoms with Crippen LogP contribution in [0.25, 0.3) is 0 Å². The smallest absolute Gasteiger partial charge is 0.132 e. The van der Waals surface area contributed by atoms with Gasteiger partial charge in [-0.2, -0.15) is 0 Å². The van der Waals surface area contributed by atoms with Crippen molar-refractivity contribution in [2.75, 3.05) is 0 Å². The largest absolute Gasteiger partial charge is 0.271 e. The van der Waals surface area contributed by atoms with Crippen LogP contribution < -0.4 is 11.3 Å². The lowest BCUT2D eigenvalue weighted by Crippen LogP contribution is -2.34. The molecule has 0 aliphatic rings. The van der Waals surface area contributed by atoms with Gasteiger partial charge in [0.2, 0.25) is 0 Å². The van der Waals surface area contributed by atoms with Crippen LogP contribution in [0.4, 0.5) is 8.78 Å². The molecule has 3 N–H and O–H groups in total. The lowest BCUT2D eigenvalue weighted by Gasteiger charge is -2.25. The lowest BCUT2D eigenvalue weighted by atomic mass is 9.89. The topological polar surface area (TPSA) is 38.0 Å². The summed E-state index contributed by atoms with van der Waals surface area (Å²) in [6.07, 6.45) is 1.61. The van der Waals surface area contributed by atoms with Crippen molar-refractivity contribution in [3.05, 3.63) is 33.8 Å². The van der Waals surface area contributed by atoms with Crippen LogP contribution in [-0.4, -0.2) is 0 Å². The normalized spacial score (nSPS) is 13.1. The fourth-order valence-electron chi connectivity index (χ4n) is 2.07. The zero-order valence-electron chi connectivity index (χ0n) is 9.93. The maximum Gasteiger partial charge on any atom is 0.132 e. The van der Waals surface area contributed by atoms with Crippen molar-refractivity contribution >= 4 is 15.9 Å². The Hall–Kier alpha value is -0.520. The van der Waals surface area contributed by atoms with E-state index in [4.69, 9.17) is 5.84 Å². The summed E-state index contributed by atoms with van der Waals surface area (Å²) in [7, 11) is 0. The van der Waals surface area contributed by atoms with Crippen molar-refractivity contribution < 1.29 is 8.78 Å². The summed E-state index contributed by atoms with van der Waals surface area (Å²) in [6.45, 7) is 3.96. The van der Waals surface area contributed by atoms with E-state index in [2.05, 4.69) is 21.4 Å². The standard InChI is InChI=1S/C12H17BrF2N2/c1-3-7(4-2)12(17-16)11-9(14)5-8(13)6-10(11)15/h5-7,12,17H,3-4,16H2,1-2H3. The van der Waals surface area contributed by atoms with E-state index in [0.29, 0.717) is 4.47 Å². The quantitative estimate of drug-likeness (QED) is 0.643. The Kier molecular flexibility index (Phi) is 5.49. The predicted octanol–water partition coefficient (Wildman–Crippen LogP) is 3.67. The minimum atomic E-state index is -0.577. The monoisotopic (exact) mass is 306 g/mol. The fraction of sp³-hybridized carbons (Fsp3) is 0.500. The Labute approximate surface area is 109 Å². The molecule has 1 aromatic rings. The molecule has 1 unspecified atom stereocenters. The predicted molar refractivity (Wildman–Crippen MR) is 68.2 cm³/mol. The highest BCUT2D eigenvalue weighted by atomic mass is 79.9. The van der Waals surface area contributed by atoms with E-state index < -0.39 is 17.7 Å². The molecule has 0 radical (unpaired) electrons. The molecule has 17 heavy (non-hydrogen) atoms. The van der Waals surface area contributed by atoms with E-state index in [1.807, 2.05) is 13.8 Å². The van der Waals surface area contributed by atoms with Crippen molar-refractivity contribution in [2.45, 2.75) is 32.7 Å². The molecule has 0 saturated heterocycles. The van der Waals surface area contributed by atoms with Gasteiger partial charge in [0.25, 0.3) is 0 Å². The first-order valence-electron chi connectivity index (χ1n) is 5.65. The summed E-state index contributed by atoms with van der Waals surface area (Å²) in [5.41, 5.74) is 2.54. The van der Waals surface area contributed by atoms with Crippen molar-refractivity contribution in [1.29, 1.82) is 0 Å². The van der Waals surface area contributed by atoms with E-state index in [1.54, 1.807) is 0 Å². The van der Waals surface area contributed by atoms with E-state index in [-0.39, 0.29) is 11.5 Å². The number of halogens is 3. The molecule has 0 amide bonds. The summed E-state index contributed by atoms with van der Waals surface area (Å²) in [5, 5.41) is 0. The van der Waals surface area contributed by atoms with Crippen LogP contribution in [0.1, 0.15) is 38.3 Å². The van der Waals surface area contributed by atoms with Crippen LogP contribution in [0, 0.1) is 17.6 Å². The second kappa shape index (κ2) is 6.42. The Morgan fingerprint density at radius 1 is 1.24 bits per heavy atom. The van der Waals surface area contributed by atoms with Crippen molar-refractivity contribution in [1.82, 2.24) is 5.43 Å². The first-order chi connectivity index (χ1) is 8.04. The molecule has 1 atom stereocenters. The summed E-state index contributed by atoms with van der Waals surface area (Å²) < 4.78 is 28.0. The van der Waals surface area contributed by atoms with Crippen LogP contribution in [0.3, 0.4) is 0 Å². The van der Waals surface area contributed by atoms with Crippen molar-refractivity contribution in [2.24, 2.45) is 11.8 Å². The average molecular weight is 307 g/mol. The summed E-state index contributed by atoms with van der Waals surface area (Å²) >= 11 is 3.06. The third-order valence-electron chi connectivity index (χ3n) is 3.05. The SMILES string of the molecule is CCC(CC)C(NN)c1c(F)cc(Br)cc1F. The molecule has 5 heteroatoms. The van der Waals surface area contributed by atoms with Crippen LogP contribution in [-0.2, 0) is 0 Å². The van der Waals surface area contributed by atoms with Gasteiger partial charge in [0.15, 0.2) is 0 Å². The van der Waals surface area contributed by atoms with E-state index in [0.717, 1.165) is 12.8 Å². The number of hydrogen-bond acceptors (Lipinski definition) is 2. The molecule has 0 aromatic heterocycles. The Morgan fingerprint density at radius 3 is 2.06 bits per heavy atom. The van der Waals surface area contributed by atoms with Gasteiger partial charge in [0.1, 0.15) is 11.6 Å². The maximum absolute atomic E-state index is 13.8. The number of nitrogens with two attached hydrogens (primary N) is 1. The van der Waals surface area contributed by atoms with Crippen LogP contribution >= 0.6 is 15.9 Å². The minimum Gasteiger partial charge on any atom is -0.271 e. The highest BCUT2D eigenvalue weighted by Gasteiger charge is 2.25. The zero-order chi connectivity index (χ0) is 13.0. The van der Waals surface area contributed by atoms with Gasteiger partial charge >= 0.3 is 0 Å². The Bertz CT molecular complexity index is 358. The summed E-state index contributed by atoms with van der Waals surface area (Å²) in [5.74, 6) is 4.39. The van der Waals surface area contributed by atoms with Crippen molar-refractivity contribution in [3.8, 4) is 0 Å². The van der Waals surface area contributed by atoms with E-state index in [1.165, 1.54) is 12.1 Å². The first kappa shape index (κ1) is 14.5. The van der Waals surface area contributed by atoms with Gasteiger partial charge in [-0.1, -0.05) is 42.6 Å². The molecule has 96 valence electrons. The molecule has 0 aliphatic heterocycles. The number of nitrogens with one attached hydrogen (secondary N) is 1. The molecule has 0 saturated carbocycles. The molecule has 0 heterocycles. The van der Waals surface area contributed by atoms with Crippen LogP contribution in [0.15, 0.2) is 16.6 Å². The summed E-state index contributed by atoms with van der Waals surface area (Å²) in [6, 6.07) is 2.01. The highest BCUT2D eigenvalue weighted by Crippen LogP contribution is 2.31. The highest BCUT2D eigenvalue weighted by molar-refractivity contribution is 9.10. The van der Waals surface area contributed by atoms with Gasteiger partial charge in [-0.3, -0.25) is 11.3 Å². The first-order valence-corrected chi connectivity index (χ1v) is 6.44. The lowest BCUT2D eigenvalue weighted by molar-refractivity contribution is 0.326. The maximum atomic E-state index is 13.8. The summed E-state index contributed by atoms with van der Waals surface area (Å²) in [4.78, 5) is 0. The van der Waals surface area contributed by atoms with Gasteiger partial charge in [0, 0.05) is 10.0 Å². The van der Waals surface area contributed by atoms with Crippen LogP contribution in [0.5, 0.6) is 0 Å². The van der Waals surface area contributed by atoms with Gasteiger partial charge in [-0.15, -0.1) is 0 Å². The minimum absolute atomic E-state index is 0.0180. The number of benzene rings is 1. The molecule has 0 bridgehead atoms. The van der Waals surface area contributed by atoms with Gasteiger partial charge in [0.05, 0.1) is 6.04 Å². The number of hydrazine groups is 1. The molecular weight excluding hydrogens is 290 g/mol. The second-order valence-corrected chi connectivity index (χ2v) is 4.92. The zero-order valence-corrected chi connectivity index (χ0v) is 11.5. The fourth-order valence-corrected chi connectivity index (χ4v) is 2.47. The second-order valence-electron chi connectivity index (χ2n) is 4.00. The third-order valence-corrected chi connectivity index (χ3v) is 3.51.